The van der Waals surface area contributed by atoms with Gasteiger partial charge < -0.3 is 10.8 Å². The van der Waals surface area contributed by atoms with Crippen LogP contribution >= 0.6 is 0 Å². The molecule has 0 saturated carbocycles. The Labute approximate surface area is 126 Å². The fourth-order valence-corrected chi connectivity index (χ4v) is 2.73. The van der Waals surface area contributed by atoms with Crippen LogP contribution in [-0.2, 0) is 5.60 Å². The van der Waals surface area contributed by atoms with Gasteiger partial charge in [0.05, 0.1) is 5.60 Å². The van der Waals surface area contributed by atoms with Gasteiger partial charge in [0.15, 0.2) is 0 Å². The largest absolute Gasteiger partial charge is 0.386 e. The van der Waals surface area contributed by atoms with Crippen molar-refractivity contribution >= 4 is 11.5 Å². The van der Waals surface area contributed by atoms with Crippen molar-refractivity contribution in [1.82, 2.24) is 0 Å². The van der Waals surface area contributed by atoms with E-state index in [-0.39, 0.29) is 0 Å². The van der Waals surface area contributed by atoms with Crippen molar-refractivity contribution in [3.05, 3.63) is 41.0 Å². The lowest BCUT2D eigenvalue weighted by atomic mass is 9.76. The monoisotopic (exact) mass is 287 g/mol. The van der Waals surface area contributed by atoms with Crippen LogP contribution in [0.4, 0.5) is 0 Å². The third-order valence-corrected chi connectivity index (χ3v) is 4.31. The van der Waals surface area contributed by atoms with Crippen molar-refractivity contribution in [2.24, 2.45) is 11.1 Å². The third-order valence-electron chi connectivity index (χ3n) is 4.31. The normalized spacial score (nSPS) is 18.2. The number of carbonyl (C=O) groups is 1. The molecule has 1 amide bonds. The zero-order valence-corrected chi connectivity index (χ0v) is 13.4. The van der Waals surface area contributed by atoms with Crippen LogP contribution in [0.2, 0.25) is 0 Å². The molecule has 0 bridgehead atoms. The number of primary amides is 1. The second kappa shape index (κ2) is 5.30. The van der Waals surface area contributed by atoms with Gasteiger partial charge in [-0.1, -0.05) is 26.0 Å². The molecule has 114 valence electrons. The van der Waals surface area contributed by atoms with E-state index in [2.05, 4.69) is 19.9 Å². The smallest absolute Gasteiger partial charge is 0.249 e. The van der Waals surface area contributed by atoms with Crippen LogP contribution in [-0.4, -0.2) is 11.0 Å². The highest BCUT2D eigenvalue weighted by molar-refractivity contribution is 5.98. The van der Waals surface area contributed by atoms with Crippen LogP contribution in [0, 0.1) is 5.41 Å². The molecule has 0 saturated heterocycles. The average Bonchev–Trinajstić information content (AvgIpc) is 2.37. The van der Waals surface area contributed by atoms with Crippen molar-refractivity contribution < 1.29 is 9.90 Å². The van der Waals surface area contributed by atoms with Crippen molar-refractivity contribution in [2.45, 2.75) is 52.6 Å². The van der Waals surface area contributed by atoms with E-state index in [0.29, 0.717) is 11.0 Å². The van der Waals surface area contributed by atoms with Gasteiger partial charge in [0.1, 0.15) is 0 Å². The highest BCUT2D eigenvalue weighted by Crippen LogP contribution is 2.39. The van der Waals surface area contributed by atoms with Gasteiger partial charge in [0, 0.05) is 5.56 Å². The molecule has 3 nitrogen and oxygen atoms in total. The maximum atomic E-state index is 11.7. The number of hydrogen-bond acceptors (Lipinski definition) is 2. The van der Waals surface area contributed by atoms with Gasteiger partial charge in [0.2, 0.25) is 5.91 Å². The molecule has 1 aromatic carbocycles. The Bertz CT molecular complexity index is 592. The first-order valence-corrected chi connectivity index (χ1v) is 7.46. The minimum Gasteiger partial charge on any atom is -0.386 e. The van der Waals surface area contributed by atoms with Gasteiger partial charge in [-0.05, 0) is 67.4 Å². The Kier molecular flexibility index (Phi) is 3.98. The highest BCUT2D eigenvalue weighted by Gasteiger charge is 2.25. The van der Waals surface area contributed by atoms with E-state index in [1.54, 1.807) is 26.0 Å². The van der Waals surface area contributed by atoms with Crippen LogP contribution in [0.15, 0.2) is 24.3 Å². The Hall–Kier alpha value is -1.61. The Morgan fingerprint density at radius 2 is 2.00 bits per heavy atom. The summed E-state index contributed by atoms with van der Waals surface area (Å²) in [6.07, 6.45) is 5.22. The quantitative estimate of drug-likeness (QED) is 0.892. The zero-order chi connectivity index (χ0) is 15.8. The first-order valence-electron chi connectivity index (χ1n) is 7.46. The number of benzene rings is 1. The predicted octanol–water partition coefficient (Wildman–Crippen LogP) is 3.61. The second-order valence-electron chi connectivity index (χ2n) is 7.28. The molecule has 0 aromatic heterocycles. The number of carbonyl (C=O) groups excluding carboxylic acids is 1. The summed E-state index contributed by atoms with van der Waals surface area (Å²) in [7, 11) is 0. The molecular weight excluding hydrogens is 262 g/mol. The summed E-state index contributed by atoms with van der Waals surface area (Å²) in [6, 6.07) is 5.41. The van der Waals surface area contributed by atoms with Gasteiger partial charge in [-0.25, -0.2) is 0 Å². The summed E-state index contributed by atoms with van der Waals surface area (Å²) in [5.74, 6) is -0.418. The highest BCUT2D eigenvalue weighted by atomic mass is 16.3. The SMILES string of the molecule is CC1(C)CC=C(c2cc(C(C)(C)O)ccc2C(N)=O)CC1. The molecule has 0 heterocycles. The maximum absolute atomic E-state index is 11.7. The molecular formula is C18H25NO2. The lowest BCUT2D eigenvalue weighted by Gasteiger charge is -2.29. The average molecular weight is 287 g/mol. The Balaban J connectivity index is 2.50. The maximum Gasteiger partial charge on any atom is 0.249 e. The summed E-state index contributed by atoms with van der Waals surface area (Å²) in [4.78, 5) is 11.7. The van der Waals surface area contributed by atoms with Crippen LogP contribution in [0.5, 0.6) is 0 Å². The summed E-state index contributed by atoms with van der Waals surface area (Å²) in [5, 5.41) is 10.2. The van der Waals surface area contributed by atoms with Gasteiger partial charge in [-0.3, -0.25) is 4.79 Å². The molecule has 0 unspecified atom stereocenters. The molecule has 1 aliphatic carbocycles. The van der Waals surface area contributed by atoms with E-state index in [1.807, 2.05) is 6.07 Å². The molecule has 0 aliphatic heterocycles. The fourth-order valence-electron chi connectivity index (χ4n) is 2.73. The van der Waals surface area contributed by atoms with Gasteiger partial charge in [-0.2, -0.15) is 0 Å². The van der Waals surface area contributed by atoms with E-state index in [1.165, 1.54) is 0 Å². The Morgan fingerprint density at radius 1 is 1.33 bits per heavy atom. The van der Waals surface area contributed by atoms with E-state index >= 15 is 0 Å². The first-order chi connectivity index (χ1) is 9.60. The lowest BCUT2D eigenvalue weighted by Crippen LogP contribution is -2.20. The number of amides is 1. The van der Waals surface area contributed by atoms with Gasteiger partial charge >= 0.3 is 0 Å². The molecule has 3 N–H and O–H groups in total. The number of hydrogen-bond donors (Lipinski definition) is 2. The summed E-state index contributed by atoms with van der Waals surface area (Å²) >= 11 is 0. The minimum atomic E-state index is -0.931. The third kappa shape index (κ3) is 3.53. The molecule has 0 fully saturated rings. The van der Waals surface area contributed by atoms with Gasteiger partial charge in [0.25, 0.3) is 0 Å². The fraction of sp³-hybridized carbons (Fsp3) is 0.500. The van der Waals surface area contributed by atoms with Crippen molar-refractivity contribution in [3.8, 4) is 0 Å². The van der Waals surface area contributed by atoms with Gasteiger partial charge in [-0.15, -0.1) is 0 Å². The molecule has 3 heteroatoms. The molecule has 0 radical (unpaired) electrons. The standard InChI is InChI=1S/C18H25NO2/c1-17(2)9-7-12(8-10-17)15-11-13(18(3,4)21)5-6-14(15)16(19)20/h5-7,11,21H,8-10H2,1-4H3,(H2,19,20). The molecule has 0 atom stereocenters. The minimum absolute atomic E-state index is 0.310. The molecule has 1 aliphatic rings. The van der Waals surface area contributed by atoms with E-state index in [0.717, 1.165) is 36.0 Å². The molecule has 1 aromatic rings. The van der Waals surface area contributed by atoms with Crippen LogP contribution in [0.1, 0.15) is 68.4 Å². The zero-order valence-electron chi connectivity index (χ0n) is 13.4. The van der Waals surface area contributed by atoms with Crippen LogP contribution in [0.3, 0.4) is 0 Å². The topological polar surface area (TPSA) is 63.3 Å². The van der Waals surface area contributed by atoms with E-state index in [4.69, 9.17) is 5.73 Å². The van der Waals surface area contributed by atoms with Crippen molar-refractivity contribution in [3.63, 3.8) is 0 Å². The predicted molar refractivity (Wildman–Crippen MR) is 85.8 cm³/mol. The lowest BCUT2D eigenvalue weighted by molar-refractivity contribution is 0.0784. The van der Waals surface area contributed by atoms with Crippen LogP contribution in [0.25, 0.3) is 5.57 Å². The Morgan fingerprint density at radius 3 is 2.48 bits per heavy atom. The molecule has 0 spiro atoms. The number of allylic oxidation sites excluding steroid dienone is 2. The van der Waals surface area contributed by atoms with Crippen molar-refractivity contribution in [1.29, 1.82) is 0 Å². The number of rotatable bonds is 3. The van der Waals surface area contributed by atoms with E-state index in [9.17, 15) is 9.90 Å². The van der Waals surface area contributed by atoms with Crippen LogP contribution < -0.4 is 5.73 Å². The van der Waals surface area contributed by atoms with Crippen molar-refractivity contribution in [2.75, 3.05) is 0 Å². The summed E-state index contributed by atoms with van der Waals surface area (Å²) in [5.41, 5.74) is 8.25. The molecule has 2 rings (SSSR count). The molecule has 21 heavy (non-hydrogen) atoms. The summed E-state index contributed by atoms with van der Waals surface area (Å²) < 4.78 is 0. The first kappa shape index (κ1) is 15.8. The number of nitrogens with two attached hydrogens (primary N) is 1. The van der Waals surface area contributed by atoms with E-state index < -0.39 is 11.5 Å². The second-order valence-corrected chi connectivity index (χ2v) is 7.28. The summed E-state index contributed by atoms with van der Waals surface area (Å²) in [6.45, 7) is 7.99. The number of aliphatic hydroxyl groups is 1.